The van der Waals surface area contributed by atoms with Crippen LogP contribution < -0.4 is 4.74 Å². The number of pyridine rings is 1. The van der Waals surface area contributed by atoms with E-state index in [1.165, 1.54) is 0 Å². The fourth-order valence-electron chi connectivity index (χ4n) is 3.43. The van der Waals surface area contributed by atoms with Crippen LogP contribution in [0.15, 0.2) is 71.9 Å². The van der Waals surface area contributed by atoms with Gasteiger partial charge in [-0.15, -0.1) is 0 Å². The molecule has 0 N–H and O–H groups in total. The molecule has 2 aromatic heterocycles. The van der Waals surface area contributed by atoms with Crippen molar-refractivity contribution in [2.75, 3.05) is 0 Å². The van der Waals surface area contributed by atoms with Crippen LogP contribution in [0.2, 0.25) is 0 Å². The first kappa shape index (κ1) is 20.1. The molecule has 0 spiro atoms. The Hall–Kier alpha value is -3.19. The van der Waals surface area contributed by atoms with E-state index >= 15 is 0 Å². The van der Waals surface area contributed by atoms with Gasteiger partial charge in [-0.1, -0.05) is 12.1 Å². The van der Waals surface area contributed by atoms with Crippen molar-refractivity contribution in [3.8, 4) is 11.4 Å². The van der Waals surface area contributed by atoms with Gasteiger partial charge in [-0.05, 0) is 63.2 Å². The molecular formula is C23H23N3O3S. The number of benzene rings is 2. The molecule has 0 radical (unpaired) electrons. The van der Waals surface area contributed by atoms with E-state index < -0.39 is 9.84 Å². The van der Waals surface area contributed by atoms with Crippen molar-refractivity contribution in [1.29, 1.82) is 0 Å². The summed E-state index contributed by atoms with van der Waals surface area (Å²) in [6.45, 7) is 5.71. The van der Waals surface area contributed by atoms with Crippen LogP contribution in [-0.4, -0.2) is 29.3 Å². The van der Waals surface area contributed by atoms with E-state index in [1.807, 2.05) is 51.1 Å². The predicted molar refractivity (Wildman–Crippen MR) is 117 cm³/mol. The summed E-state index contributed by atoms with van der Waals surface area (Å²) in [7, 11) is -3.56. The second-order valence-corrected chi connectivity index (χ2v) is 9.45. The average Bonchev–Trinajstić information content (AvgIpc) is 3.06. The maximum atomic E-state index is 13.1. The molecule has 0 saturated heterocycles. The number of ether oxygens (including phenoxy) is 1. The van der Waals surface area contributed by atoms with Crippen molar-refractivity contribution < 1.29 is 13.2 Å². The molecule has 0 amide bonds. The molecule has 0 fully saturated rings. The molecule has 4 rings (SSSR count). The van der Waals surface area contributed by atoms with Crippen LogP contribution in [0.3, 0.4) is 0 Å². The average molecular weight is 422 g/mol. The van der Waals surface area contributed by atoms with Crippen molar-refractivity contribution in [2.45, 2.75) is 37.5 Å². The first-order chi connectivity index (χ1) is 14.3. The summed E-state index contributed by atoms with van der Waals surface area (Å²) in [6.07, 6.45) is 3.53. The Labute approximate surface area is 176 Å². The van der Waals surface area contributed by atoms with Gasteiger partial charge < -0.3 is 4.74 Å². The Bertz CT molecular complexity index is 1290. The highest BCUT2D eigenvalue weighted by molar-refractivity contribution is 7.90. The monoisotopic (exact) mass is 421 g/mol. The zero-order valence-electron chi connectivity index (χ0n) is 17.1. The Morgan fingerprint density at radius 3 is 2.57 bits per heavy atom. The molecule has 2 heterocycles. The lowest BCUT2D eigenvalue weighted by Crippen LogP contribution is -2.11. The maximum Gasteiger partial charge on any atom is 0.184 e. The standard InChI is InChI=1S/C23H23N3O3S/c1-16(2)29-20-7-9-21(10-8-20)30(27,28)15-19-13-17(3)25-26(19)23-6-4-5-18-14-24-12-11-22(18)23/h4-14,16H,15H2,1-3H3. The number of hydrogen-bond donors (Lipinski definition) is 0. The lowest BCUT2D eigenvalue weighted by atomic mass is 10.1. The Balaban J connectivity index is 1.71. The molecule has 0 atom stereocenters. The molecule has 7 heteroatoms. The zero-order valence-corrected chi connectivity index (χ0v) is 17.9. The number of sulfone groups is 1. The smallest absolute Gasteiger partial charge is 0.184 e. The molecule has 0 aliphatic heterocycles. The van der Waals surface area contributed by atoms with Crippen molar-refractivity contribution >= 4 is 20.6 Å². The Kier molecular flexibility index (Phi) is 5.30. The maximum absolute atomic E-state index is 13.1. The highest BCUT2D eigenvalue weighted by atomic mass is 32.2. The summed E-state index contributed by atoms with van der Waals surface area (Å²) in [5, 5.41) is 6.50. The lowest BCUT2D eigenvalue weighted by molar-refractivity contribution is 0.242. The largest absolute Gasteiger partial charge is 0.491 e. The Morgan fingerprint density at radius 1 is 1.07 bits per heavy atom. The molecule has 0 aliphatic rings. The van der Waals surface area contributed by atoms with Gasteiger partial charge in [-0.2, -0.15) is 5.10 Å². The van der Waals surface area contributed by atoms with Crippen LogP contribution in [0.5, 0.6) is 5.75 Å². The quantitative estimate of drug-likeness (QED) is 0.459. The summed E-state index contributed by atoms with van der Waals surface area (Å²) in [4.78, 5) is 4.42. The van der Waals surface area contributed by atoms with Gasteiger partial charge in [-0.25, -0.2) is 13.1 Å². The summed E-state index contributed by atoms with van der Waals surface area (Å²) < 4.78 is 33.5. The lowest BCUT2D eigenvalue weighted by Gasteiger charge is -2.12. The third-order valence-corrected chi connectivity index (χ3v) is 6.35. The third-order valence-electron chi connectivity index (χ3n) is 4.68. The highest BCUT2D eigenvalue weighted by Gasteiger charge is 2.20. The van der Waals surface area contributed by atoms with E-state index in [1.54, 1.807) is 41.3 Å². The van der Waals surface area contributed by atoms with Crippen molar-refractivity contribution in [1.82, 2.24) is 14.8 Å². The molecule has 0 bridgehead atoms. The van der Waals surface area contributed by atoms with Gasteiger partial charge in [0.15, 0.2) is 9.84 Å². The molecule has 2 aromatic carbocycles. The van der Waals surface area contributed by atoms with Crippen LogP contribution in [0, 0.1) is 6.92 Å². The molecule has 154 valence electrons. The van der Waals surface area contributed by atoms with E-state index in [0.29, 0.717) is 11.4 Å². The van der Waals surface area contributed by atoms with Crippen molar-refractivity contribution in [3.05, 3.63) is 78.4 Å². The van der Waals surface area contributed by atoms with Gasteiger partial charge in [0, 0.05) is 23.2 Å². The van der Waals surface area contributed by atoms with Gasteiger partial charge in [0.2, 0.25) is 0 Å². The minimum Gasteiger partial charge on any atom is -0.491 e. The van der Waals surface area contributed by atoms with E-state index in [4.69, 9.17) is 4.74 Å². The van der Waals surface area contributed by atoms with Gasteiger partial charge in [0.1, 0.15) is 5.75 Å². The predicted octanol–water partition coefficient (Wildman–Crippen LogP) is 4.49. The fourth-order valence-corrected chi connectivity index (χ4v) is 4.74. The van der Waals surface area contributed by atoms with Crippen LogP contribution in [0.4, 0.5) is 0 Å². The molecule has 0 saturated carbocycles. The van der Waals surface area contributed by atoms with E-state index in [9.17, 15) is 8.42 Å². The number of aromatic nitrogens is 3. The molecular weight excluding hydrogens is 398 g/mol. The summed E-state index contributed by atoms with van der Waals surface area (Å²) in [5.41, 5.74) is 2.19. The van der Waals surface area contributed by atoms with Crippen LogP contribution >= 0.6 is 0 Å². The number of nitrogens with zero attached hydrogens (tertiary/aromatic N) is 3. The number of hydrogen-bond acceptors (Lipinski definition) is 5. The number of rotatable bonds is 6. The third kappa shape index (κ3) is 4.07. The second-order valence-electron chi connectivity index (χ2n) is 7.46. The fraction of sp³-hybridized carbons (Fsp3) is 0.217. The molecule has 30 heavy (non-hydrogen) atoms. The first-order valence-corrected chi connectivity index (χ1v) is 11.4. The topological polar surface area (TPSA) is 74.1 Å². The molecule has 6 nitrogen and oxygen atoms in total. The summed E-state index contributed by atoms with van der Waals surface area (Å²) >= 11 is 0. The number of fused-ring (bicyclic) bond motifs is 1. The van der Waals surface area contributed by atoms with Crippen LogP contribution in [0.25, 0.3) is 16.5 Å². The van der Waals surface area contributed by atoms with Crippen LogP contribution in [-0.2, 0) is 15.6 Å². The van der Waals surface area contributed by atoms with Gasteiger partial charge in [0.05, 0.1) is 33.8 Å². The van der Waals surface area contributed by atoms with E-state index in [0.717, 1.165) is 22.2 Å². The summed E-state index contributed by atoms with van der Waals surface area (Å²) in [5.74, 6) is 0.494. The highest BCUT2D eigenvalue weighted by Crippen LogP contribution is 2.26. The molecule has 4 aromatic rings. The Morgan fingerprint density at radius 2 is 1.83 bits per heavy atom. The molecule has 0 unspecified atom stereocenters. The normalized spacial score (nSPS) is 11.9. The van der Waals surface area contributed by atoms with Gasteiger partial charge in [0.25, 0.3) is 0 Å². The first-order valence-electron chi connectivity index (χ1n) is 9.71. The van der Waals surface area contributed by atoms with Gasteiger partial charge >= 0.3 is 0 Å². The van der Waals surface area contributed by atoms with Gasteiger partial charge in [-0.3, -0.25) is 4.98 Å². The minimum absolute atomic E-state index is 0.0284. The van der Waals surface area contributed by atoms with Crippen molar-refractivity contribution in [2.24, 2.45) is 0 Å². The number of aryl methyl sites for hydroxylation is 1. The van der Waals surface area contributed by atoms with E-state index in [-0.39, 0.29) is 16.8 Å². The SMILES string of the molecule is Cc1cc(CS(=O)(=O)c2ccc(OC(C)C)cc2)n(-c2cccc3cnccc23)n1. The zero-order chi connectivity index (χ0) is 21.3. The van der Waals surface area contributed by atoms with E-state index in [2.05, 4.69) is 10.1 Å². The minimum atomic E-state index is -3.56. The molecule has 0 aliphatic carbocycles. The van der Waals surface area contributed by atoms with Crippen molar-refractivity contribution in [3.63, 3.8) is 0 Å². The second kappa shape index (κ2) is 7.91. The van der Waals surface area contributed by atoms with Crippen LogP contribution in [0.1, 0.15) is 25.2 Å². The summed E-state index contributed by atoms with van der Waals surface area (Å²) in [6, 6.07) is 16.1.